The maximum atomic E-state index is 4.96. The van der Waals surface area contributed by atoms with Gasteiger partial charge in [-0.1, -0.05) is 74.0 Å². The first-order valence-electron chi connectivity index (χ1n) is 9.93. The Hall–Kier alpha value is -3.14. The molecule has 2 aromatic carbocycles. The van der Waals surface area contributed by atoms with Crippen molar-refractivity contribution in [2.24, 2.45) is 0 Å². The molecule has 0 saturated heterocycles. The number of anilines is 1. The van der Waals surface area contributed by atoms with Gasteiger partial charge in [-0.15, -0.1) is 0 Å². The predicted molar refractivity (Wildman–Crippen MR) is 116 cm³/mol. The van der Waals surface area contributed by atoms with Crippen molar-refractivity contribution in [3.8, 4) is 11.1 Å². The Bertz CT molecular complexity index is 1070. The van der Waals surface area contributed by atoms with Crippen LogP contribution < -0.4 is 5.32 Å². The zero-order chi connectivity index (χ0) is 19.5. The maximum Gasteiger partial charge on any atom is 0.165 e. The Morgan fingerprint density at radius 3 is 2.36 bits per heavy atom. The lowest BCUT2D eigenvalue weighted by Gasteiger charge is -2.17. The minimum absolute atomic E-state index is 0.172. The Labute approximate surface area is 166 Å². The molecule has 142 valence electrons. The largest absolute Gasteiger partial charge is 0.363 e. The number of fused-ring (bicyclic) bond motifs is 1. The van der Waals surface area contributed by atoms with Crippen molar-refractivity contribution in [2.75, 3.05) is 5.32 Å². The number of rotatable bonds is 6. The molecular formula is C24H26N4. The molecular weight excluding hydrogens is 344 g/mol. The third-order valence-electron chi connectivity index (χ3n) is 5.05. The van der Waals surface area contributed by atoms with Crippen molar-refractivity contribution >= 4 is 11.5 Å². The number of aromatic nitrogens is 3. The number of nitrogens with zero attached hydrogens (tertiary/aromatic N) is 3. The first-order valence-corrected chi connectivity index (χ1v) is 9.93. The average Bonchev–Trinajstić information content (AvgIpc) is 3.05. The van der Waals surface area contributed by atoms with Crippen LogP contribution in [-0.4, -0.2) is 14.6 Å². The number of hydrogen-bond donors (Lipinski definition) is 1. The van der Waals surface area contributed by atoms with Gasteiger partial charge in [0, 0.05) is 23.4 Å². The monoisotopic (exact) mass is 370 g/mol. The minimum atomic E-state index is 0.172. The van der Waals surface area contributed by atoms with Crippen LogP contribution in [0.5, 0.6) is 0 Å². The fraction of sp³-hybridized carbons (Fsp3) is 0.250. The van der Waals surface area contributed by atoms with Crippen molar-refractivity contribution in [3.05, 3.63) is 83.7 Å². The minimum Gasteiger partial charge on any atom is -0.363 e. The summed E-state index contributed by atoms with van der Waals surface area (Å²) >= 11 is 0. The zero-order valence-electron chi connectivity index (χ0n) is 16.7. The van der Waals surface area contributed by atoms with Crippen molar-refractivity contribution in [1.82, 2.24) is 14.6 Å². The van der Waals surface area contributed by atoms with Gasteiger partial charge in [-0.3, -0.25) is 0 Å². The third-order valence-corrected chi connectivity index (χ3v) is 5.05. The predicted octanol–water partition coefficient (Wildman–Crippen LogP) is 5.83. The van der Waals surface area contributed by atoms with Gasteiger partial charge in [-0.2, -0.15) is 9.61 Å². The highest BCUT2D eigenvalue weighted by atomic mass is 15.3. The van der Waals surface area contributed by atoms with Crippen LogP contribution in [0.2, 0.25) is 0 Å². The van der Waals surface area contributed by atoms with E-state index in [-0.39, 0.29) is 6.04 Å². The van der Waals surface area contributed by atoms with E-state index < -0.39 is 0 Å². The van der Waals surface area contributed by atoms with Crippen LogP contribution in [0.3, 0.4) is 0 Å². The Morgan fingerprint density at radius 2 is 1.68 bits per heavy atom. The van der Waals surface area contributed by atoms with E-state index in [2.05, 4.69) is 80.7 Å². The molecule has 0 bridgehead atoms. The Kier molecular flexibility index (Phi) is 5.11. The lowest BCUT2D eigenvalue weighted by Crippen LogP contribution is -2.12. The maximum absolute atomic E-state index is 4.96. The molecule has 0 amide bonds. The zero-order valence-corrected chi connectivity index (χ0v) is 16.7. The first-order chi connectivity index (χ1) is 13.7. The van der Waals surface area contributed by atoms with E-state index in [0.717, 1.165) is 46.8 Å². The molecule has 0 aliphatic heterocycles. The van der Waals surface area contributed by atoms with E-state index in [1.807, 2.05) is 16.6 Å². The fourth-order valence-corrected chi connectivity index (χ4v) is 3.65. The number of aryl methyl sites for hydroxylation is 2. The van der Waals surface area contributed by atoms with Gasteiger partial charge in [0.1, 0.15) is 5.82 Å². The highest BCUT2D eigenvalue weighted by Crippen LogP contribution is 2.30. The molecule has 4 heteroatoms. The van der Waals surface area contributed by atoms with Crippen LogP contribution >= 0.6 is 0 Å². The summed E-state index contributed by atoms with van der Waals surface area (Å²) in [6.45, 7) is 6.42. The van der Waals surface area contributed by atoms with Gasteiger partial charge in [0.25, 0.3) is 0 Å². The summed E-state index contributed by atoms with van der Waals surface area (Å²) in [4.78, 5) is 4.96. The van der Waals surface area contributed by atoms with Crippen molar-refractivity contribution < 1.29 is 0 Å². The summed E-state index contributed by atoms with van der Waals surface area (Å²) in [7, 11) is 0. The molecule has 4 aromatic rings. The molecule has 2 aromatic heterocycles. The van der Waals surface area contributed by atoms with Crippen molar-refractivity contribution in [2.45, 2.75) is 39.7 Å². The van der Waals surface area contributed by atoms with E-state index in [0.29, 0.717) is 0 Å². The van der Waals surface area contributed by atoms with Gasteiger partial charge in [-0.05, 0) is 31.4 Å². The number of nitrogens with one attached hydrogen (secondary N) is 1. The molecule has 0 saturated carbocycles. The fourth-order valence-electron chi connectivity index (χ4n) is 3.65. The second-order valence-electron chi connectivity index (χ2n) is 7.22. The second kappa shape index (κ2) is 7.85. The second-order valence-corrected chi connectivity index (χ2v) is 7.22. The molecule has 0 spiro atoms. The highest BCUT2D eigenvalue weighted by molar-refractivity contribution is 5.80. The van der Waals surface area contributed by atoms with Gasteiger partial charge in [0.2, 0.25) is 0 Å². The summed E-state index contributed by atoms with van der Waals surface area (Å²) in [6, 6.07) is 23.2. The topological polar surface area (TPSA) is 42.2 Å². The lowest BCUT2D eigenvalue weighted by molar-refractivity contribution is 0.818. The third kappa shape index (κ3) is 3.50. The molecule has 0 aliphatic carbocycles. The molecule has 0 aliphatic rings. The van der Waals surface area contributed by atoms with Gasteiger partial charge in [0.05, 0.1) is 5.69 Å². The molecule has 4 nitrogen and oxygen atoms in total. The van der Waals surface area contributed by atoms with Crippen LogP contribution in [0.25, 0.3) is 16.8 Å². The van der Waals surface area contributed by atoms with Crippen molar-refractivity contribution in [3.63, 3.8) is 0 Å². The van der Waals surface area contributed by atoms with Gasteiger partial charge in [-0.25, -0.2) is 4.98 Å². The van der Waals surface area contributed by atoms with Crippen LogP contribution in [0, 0.1) is 6.92 Å². The quantitative estimate of drug-likeness (QED) is 0.464. The Balaban J connectivity index is 1.84. The summed E-state index contributed by atoms with van der Waals surface area (Å²) in [5.74, 6) is 0.982. The lowest BCUT2D eigenvalue weighted by atomic mass is 10.1. The van der Waals surface area contributed by atoms with Crippen LogP contribution in [0.4, 0.5) is 5.82 Å². The molecule has 4 rings (SSSR count). The SMILES string of the molecule is CCCc1cc(N[C@@H](C)c2ccccc2)n2nc(C)c(-c3ccccc3)c2n1. The van der Waals surface area contributed by atoms with E-state index in [1.54, 1.807) is 0 Å². The van der Waals surface area contributed by atoms with E-state index >= 15 is 0 Å². The van der Waals surface area contributed by atoms with Crippen LogP contribution in [-0.2, 0) is 6.42 Å². The highest BCUT2D eigenvalue weighted by Gasteiger charge is 2.17. The van der Waals surface area contributed by atoms with Crippen LogP contribution in [0.1, 0.15) is 43.3 Å². The number of hydrogen-bond acceptors (Lipinski definition) is 3. The summed E-state index contributed by atoms with van der Waals surface area (Å²) in [6.07, 6.45) is 2.01. The van der Waals surface area contributed by atoms with E-state index in [9.17, 15) is 0 Å². The molecule has 28 heavy (non-hydrogen) atoms. The van der Waals surface area contributed by atoms with Crippen LogP contribution in [0.15, 0.2) is 66.7 Å². The first kappa shape index (κ1) is 18.2. The van der Waals surface area contributed by atoms with Gasteiger partial charge < -0.3 is 5.32 Å². The van der Waals surface area contributed by atoms with E-state index in [1.165, 1.54) is 5.56 Å². The molecule has 0 fully saturated rings. The van der Waals surface area contributed by atoms with Crippen molar-refractivity contribution in [1.29, 1.82) is 0 Å². The van der Waals surface area contributed by atoms with Gasteiger partial charge >= 0.3 is 0 Å². The number of benzene rings is 2. The van der Waals surface area contributed by atoms with E-state index in [4.69, 9.17) is 10.1 Å². The standard InChI is InChI=1S/C24H26N4/c1-4-11-21-16-22(25-17(2)19-12-7-5-8-13-19)28-24(26-21)23(18(3)27-28)20-14-9-6-10-15-20/h5-10,12-17,25H,4,11H2,1-3H3/t17-/m0/s1. The Morgan fingerprint density at radius 1 is 1.00 bits per heavy atom. The summed E-state index contributed by atoms with van der Waals surface area (Å²) < 4.78 is 1.95. The average molecular weight is 371 g/mol. The molecule has 1 N–H and O–H groups in total. The summed E-state index contributed by atoms with van der Waals surface area (Å²) in [5.41, 5.74) is 6.50. The summed E-state index contributed by atoms with van der Waals surface area (Å²) in [5, 5.41) is 8.48. The molecule has 1 atom stereocenters. The smallest absolute Gasteiger partial charge is 0.165 e. The normalized spacial score (nSPS) is 12.2. The van der Waals surface area contributed by atoms with Gasteiger partial charge in [0.15, 0.2) is 5.65 Å². The molecule has 2 heterocycles. The molecule has 0 radical (unpaired) electrons. The molecule has 0 unspecified atom stereocenters.